The zero-order valence-corrected chi connectivity index (χ0v) is 11.2. The van der Waals surface area contributed by atoms with Crippen molar-refractivity contribution in [2.24, 2.45) is 17.6 Å². The number of rotatable bonds is 3. The van der Waals surface area contributed by atoms with Crippen LogP contribution in [0.2, 0.25) is 0 Å². The lowest BCUT2D eigenvalue weighted by molar-refractivity contribution is -0.130. The molecule has 0 radical (unpaired) electrons. The second-order valence-electron chi connectivity index (χ2n) is 6.17. The van der Waals surface area contributed by atoms with Crippen molar-refractivity contribution in [1.82, 2.24) is 5.32 Å². The molecule has 0 saturated heterocycles. The molecule has 2 saturated carbocycles. The molecular weight excluding hydrogens is 212 g/mol. The zero-order chi connectivity index (χ0) is 12.5. The first kappa shape index (κ1) is 12.9. The summed E-state index contributed by atoms with van der Waals surface area (Å²) in [4.78, 5) is 12.3. The van der Waals surface area contributed by atoms with Crippen LogP contribution in [0.5, 0.6) is 0 Å². The summed E-state index contributed by atoms with van der Waals surface area (Å²) in [6.45, 7) is 4.40. The SMILES string of the molecule is CCC1(NC(=O)C2CC(C)CCC2N)CCC1. The van der Waals surface area contributed by atoms with Crippen LogP contribution < -0.4 is 11.1 Å². The van der Waals surface area contributed by atoms with Gasteiger partial charge in [-0.1, -0.05) is 13.8 Å². The van der Waals surface area contributed by atoms with E-state index in [-0.39, 0.29) is 23.4 Å². The summed E-state index contributed by atoms with van der Waals surface area (Å²) in [5, 5.41) is 3.28. The maximum absolute atomic E-state index is 12.3. The van der Waals surface area contributed by atoms with Crippen molar-refractivity contribution < 1.29 is 4.79 Å². The highest BCUT2D eigenvalue weighted by Gasteiger charge is 2.40. The molecule has 17 heavy (non-hydrogen) atoms. The van der Waals surface area contributed by atoms with Crippen LogP contribution >= 0.6 is 0 Å². The quantitative estimate of drug-likeness (QED) is 0.792. The minimum Gasteiger partial charge on any atom is -0.350 e. The van der Waals surface area contributed by atoms with Crippen LogP contribution in [0.15, 0.2) is 0 Å². The van der Waals surface area contributed by atoms with Crippen molar-refractivity contribution in [3.8, 4) is 0 Å². The topological polar surface area (TPSA) is 55.1 Å². The number of carbonyl (C=O) groups is 1. The first-order chi connectivity index (χ1) is 8.06. The molecule has 1 amide bonds. The molecule has 0 heterocycles. The monoisotopic (exact) mass is 238 g/mol. The molecule has 3 atom stereocenters. The summed E-state index contributed by atoms with van der Waals surface area (Å²) < 4.78 is 0. The van der Waals surface area contributed by atoms with Crippen LogP contribution in [-0.4, -0.2) is 17.5 Å². The molecule has 3 heteroatoms. The van der Waals surface area contributed by atoms with E-state index in [1.54, 1.807) is 0 Å². The Morgan fingerprint density at radius 2 is 2.12 bits per heavy atom. The Bertz CT molecular complexity index is 280. The van der Waals surface area contributed by atoms with Crippen LogP contribution in [-0.2, 0) is 4.79 Å². The first-order valence-corrected chi connectivity index (χ1v) is 7.14. The van der Waals surface area contributed by atoms with Gasteiger partial charge in [0.15, 0.2) is 0 Å². The number of nitrogens with one attached hydrogen (secondary N) is 1. The third kappa shape index (κ3) is 2.65. The molecule has 0 spiro atoms. The Kier molecular flexibility index (Phi) is 3.76. The predicted molar refractivity (Wildman–Crippen MR) is 69.5 cm³/mol. The fourth-order valence-electron chi connectivity index (χ4n) is 3.23. The Morgan fingerprint density at radius 3 is 2.65 bits per heavy atom. The van der Waals surface area contributed by atoms with Gasteiger partial charge in [-0.3, -0.25) is 4.79 Å². The second kappa shape index (κ2) is 4.97. The summed E-state index contributed by atoms with van der Waals surface area (Å²) in [5.41, 5.74) is 6.21. The molecule has 2 aliphatic carbocycles. The average Bonchev–Trinajstić information content (AvgIpc) is 2.26. The van der Waals surface area contributed by atoms with Crippen LogP contribution in [0.3, 0.4) is 0 Å². The van der Waals surface area contributed by atoms with Gasteiger partial charge in [0.2, 0.25) is 5.91 Å². The number of hydrogen-bond acceptors (Lipinski definition) is 2. The molecule has 3 nitrogen and oxygen atoms in total. The van der Waals surface area contributed by atoms with Gasteiger partial charge in [-0.2, -0.15) is 0 Å². The average molecular weight is 238 g/mol. The van der Waals surface area contributed by atoms with E-state index in [0.29, 0.717) is 5.92 Å². The maximum atomic E-state index is 12.3. The lowest BCUT2D eigenvalue weighted by Crippen LogP contribution is -2.57. The Morgan fingerprint density at radius 1 is 1.41 bits per heavy atom. The summed E-state index contributed by atoms with van der Waals surface area (Å²) in [6, 6.07) is 0.0696. The largest absolute Gasteiger partial charge is 0.350 e. The molecule has 0 bridgehead atoms. The maximum Gasteiger partial charge on any atom is 0.225 e. The van der Waals surface area contributed by atoms with Crippen LogP contribution in [0.25, 0.3) is 0 Å². The van der Waals surface area contributed by atoms with Gasteiger partial charge >= 0.3 is 0 Å². The highest BCUT2D eigenvalue weighted by Crippen LogP contribution is 2.36. The molecule has 2 aliphatic rings. The zero-order valence-electron chi connectivity index (χ0n) is 11.2. The summed E-state index contributed by atoms with van der Waals surface area (Å²) in [6.07, 6.45) is 7.73. The van der Waals surface area contributed by atoms with Gasteiger partial charge in [0.05, 0.1) is 5.92 Å². The first-order valence-electron chi connectivity index (χ1n) is 7.14. The van der Waals surface area contributed by atoms with Crippen molar-refractivity contribution in [3.05, 3.63) is 0 Å². The molecule has 2 fully saturated rings. The van der Waals surface area contributed by atoms with Gasteiger partial charge in [0, 0.05) is 11.6 Å². The van der Waals surface area contributed by atoms with E-state index in [4.69, 9.17) is 5.73 Å². The van der Waals surface area contributed by atoms with Gasteiger partial charge in [-0.25, -0.2) is 0 Å². The lowest BCUT2D eigenvalue weighted by Gasteiger charge is -2.44. The molecule has 0 aromatic heterocycles. The van der Waals surface area contributed by atoms with E-state index in [0.717, 1.165) is 32.1 Å². The molecular formula is C14H26N2O. The van der Waals surface area contributed by atoms with Crippen molar-refractivity contribution in [2.45, 2.75) is 70.4 Å². The van der Waals surface area contributed by atoms with E-state index in [9.17, 15) is 4.79 Å². The molecule has 0 aromatic rings. The third-order valence-corrected chi connectivity index (χ3v) is 4.88. The summed E-state index contributed by atoms with van der Waals surface area (Å²) in [5.74, 6) is 0.901. The fraction of sp³-hybridized carbons (Fsp3) is 0.929. The van der Waals surface area contributed by atoms with Crippen LogP contribution in [0.4, 0.5) is 0 Å². The molecule has 98 valence electrons. The van der Waals surface area contributed by atoms with Gasteiger partial charge in [-0.05, 0) is 50.9 Å². The van der Waals surface area contributed by atoms with Gasteiger partial charge in [0.1, 0.15) is 0 Å². The van der Waals surface area contributed by atoms with Crippen LogP contribution in [0.1, 0.15) is 58.8 Å². The summed E-state index contributed by atoms with van der Waals surface area (Å²) in [7, 11) is 0. The number of carbonyl (C=O) groups excluding carboxylic acids is 1. The third-order valence-electron chi connectivity index (χ3n) is 4.88. The minimum atomic E-state index is 0.0442. The Balaban J connectivity index is 1.94. The van der Waals surface area contributed by atoms with E-state index >= 15 is 0 Å². The Hall–Kier alpha value is -0.570. The van der Waals surface area contributed by atoms with Gasteiger partial charge in [0.25, 0.3) is 0 Å². The molecule has 3 unspecified atom stereocenters. The fourth-order valence-corrected chi connectivity index (χ4v) is 3.23. The standard InChI is InChI=1S/C14H26N2O/c1-3-14(7-4-8-14)16-13(17)11-9-10(2)5-6-12(11)15/h10-12H,3-9,15H2,1-2H3,(H,16,17). The normalized spacial score (nSPS) is 36.1. The number of nitrogens with two attached hydrogens (primary N) is 1. The predicted octanol–water partition coefficient (Wildman–Crippen LogP) is 2.20. The van der Waals surface area contributed by atoms with Gasteiger partial charge < -0.3 is 11.1 Å². The highest BCUT2D eigenvalue weighted by atomic mass is 16.2. The van der Waals surface area contributed by atoms with E-state index in [1.807, 2.05) is 0 Å². The lowest BCUT2D eigenvalue weighted by atomic mass is 9.73. The smallest absolute Gasteiger partial charge is 0.225 e. The second-order valence-corrected chi connectivity index (χ2v) is 6.17. The van der Waals surface area contributed by atoms with Crippen molar-refractivity contribution in [3.63, 3.8) is 0 Å². The highest BCUT2D eigenvalue weighted by molar-refractivity contribution is 5.80. The van der Waals surface area contributed by atoms with E-state index in [1.165, 1.54) is 12.8 Å². The number of amides is 1. The molecule has 2 rings (SSSR count). The Labute approximate surface area is 105 Å². The van der Waals surface area contributed by atoms with E-state index < -0.39 is 0 Å². The molecule has 3 N–H and O–H groups in total. The molecule has 0 aromatic carbocycles. The minimum absolute atomic E-state index is 0.0442. The van der Waals surface area contributed by atoms with Crippen LogP contribution in [0, 0.1) is 11.8 Å². The van der Waals surface area contributed by atoms with Gasteiger partial charge in [-0.15, -0.1) is 0 Å². The summed E-state index contributed by atoms with van der Waals surface area (Å²) >= 11 is 0. The van der Waals surface area contributed by atoms with Crippen molar-refractivity contribution in [1.29, 1.82) is 0 Å². The van der Waals surface area contributed by atoms with E-state index in [2.05, 4.69) is 19.2 Å². The van der Waals surface area contributed by atoms with Crippen molar-refractivity contribution in [2.75, 3.05) is 0 Å². The number of hydrogen-bond donors (Lipinski definition) is 2. The molecule has 0 aliphatic heterocycles. The van der Waals surface area contributed by atoms with Crippen molar-refractivity contribution >= 4 is 5.91 Å².